The lowest BCUT2D eigenvalue weighted by atomic mass is 10.3. The summed E-state index contributed by atoms with van der Waals surface area (Å²) in [5, 5.41) is 0. The van der Waals surface area contributed by atoms with Crippen molar-refractivity contribution < 1.29 is 17.2 Å². The highest BCUT2D eigenvalue weighted by atomic mass is 79.9. The zero-order chi connectivity index (χ0) is 14.9. The van der Waals surface area contributed by atoms with Crippen LogP contribution in [-0.4, -0.2) is 8.42 Å². The van der Waals surface area contributed by atoms with Gasteiger partial charge in [-0.25, -0.2) is 17.2 Å². The molecule has 106 valence electrons. The number of rotatable bonds is 3. The third kappa shape index (κ3) is 3.36. The van der Waals surface area contributed by atoms with E-state index in [1.165, 1.54) is 18.2 Å². The predicted octanol–water partition coefficient (Wildman–Crippen LogP) is 4.29. The number of hydrogen-bond donors (Lipinski definition) is 1. The molecule has 2 aromatic rings. The van der Waals surface area contributed by atoms with Gasteiger partial charge in [-0.15, -0.1) is 0 Å². The molecule has 2 rings (SSSR count). The Kier molecular flexibility index (Phi) is 4.46. The van der Waals surface area contributed by atoms with Crippen LogP contribution in [0.2, 0.25) is 0 Å². The Balaban J connectivity index is 2.44. The number of benzene rings is 2. The summed E-state index contributed by atoms with van der Waals surface area (Å²) in [4.78, 5) is -0.103. The van der Waals surface area contributed by atoms with E-state index < -0.39 is 27.3 Å². The van der Waals surface area contributed by atoms with Crippen molar-refractivity contribution in [1.82, 2.24) is 0 Å². The Morgan fingerprint density at radius 2 is 1.55 bits per heavy atom. The molecule has 0 aliphatic heterocycles. The average Bonchev–Trinajstić information content (AvgIpc) is 2.34. The van der Waals surface area contributed by atoms with Crippen LogP contribution in [0.1, 0.15) is 0 Å². The quantitative estimate of drug-likeness (QED) is 0.795. The van der Waals surface area contributed by atoms with Crippen LogP contribution in [-0.2, 0) is 10.0 Å². The van der Waals surface area contributed by atoms with Crippen molar-refractivity contribution in [3.8, 4) is 0 Å². The second kappa shape index (κ2) is 5.79. The van der Waals surface area contributed by atoms with Crippen molar-refractivity contribution in [2.45, 2.75) is 4.90 Å². The van der Waals surface area contributed by atoms with Crippen LogP contribution in [0, 0.1) is 11.6 Å². The Morgan fingerprint density at radius 3 is 2.10 bits per heavy atom. The van der Waals surface area contributed by atoms with E-state index >= 15 is 0 Å². The second-order valence-corrected chi connectivity index (χ2v) is 7.32. The van der Waals surface area contributed by atoms with Gasteiger partial charge in [0.05, 0.1) is 4.90 Å². The largest absolute Gasteiger partial charge is 0.274 e. The number of hydrogen-bond acceptors (Lipinski definition) is 2. The molecule has 0 fully saturated rings. The smallest absolute Gasteiger partial charge is 0.262 e. The molecule has 0 saturated heterocycles. The highest BCUT2D eigenvalue weighted by Gasteiger charge is 2.19. The Labute approximate surface area is 131 Å². The van der Waals surface area contributed by atoms with Crippen molar-refractivity contribution >= 4 is 47.6 Å². The minimum atomic E-state index is -4.07. The summed E-state index contributed by atoms with van der Waals surface area (Å²) in [5.74, 6) is -2.01. The van der Waals surface area contributed by atoms with Gasteiger partial charge in [-0.05, 0) is 30.3 Å². The summed E-state index contributed by atoms with van der Waals surface area (Å²) in [5.41, 5.74) is -0.715. The van der Waals surface area contributed by atoms with Gasteiger partial charge in [0.1, 0.15) is 5.69 Å². The fourth-order valence-electron chi connectivity index (χ4n) is 1.47. The monoisotopic (exact) mass is 425 g/mol. The lowest BCUT2D eigenvalue weighted by Crippen LogP contribution is -2.15. The molecule has 0 aliphatic rings. The number of halogens is 4. The standard InChI is InChI=1S/C12H7Br2F2NO2S/c13-7-2-1-3-9(4-7)20(18,19)17-12-10(15)5-8(14)6-11(12)16/h1-6,17H. The molecule has 0 atom stereocenters. The summed E-state index contributed by atoms with van der Waals surface area (Å²) in [6.07, 6.45) is 0. The molecule has 1 N–H and O–H groups in total. The lowest BCUT2D eigenvalue weighted by Gasteiger charge is -2.10. The van der Waals surface area contributed by atoms with Crippen LogP contribution in [0.5, 0.6) is 0 Å². The van der Waals surface area contributed by atoms with Gasteiger partial charge < -0.3 is 0 Å². The molecule has 8 heteroatoms. The zero-order valence-corrected chi connectivity index (χ0v) is 13.7. The maximum atomic E-state index is 13.6. The lowest BCUT2D eigenvalue weighted by molar-refractivity contribution is 0.582. The van der Waals surface area contributed by atoms with E-state index in [4.69, 9.17) is 0 Å². The van der Waals surface area contributed by atoms with E-state index in [1.54, 1.807) is 6.07 Å². The molecule has 0 amide bonds. The van der Waals surface area contributed by atoms with E-state index in [-0.39, 0.29) is 9.37 Å². The highest BCUT2D eigenvalue weighted by molar-refractivity contribution is 9.10. The van der Waals surface area contributed by atoms with Gasteiger partial charge in [0.15, 0.2) is 11.6 Å². The van der Waals surface area contributed by atoms with E-state index in [9.17, 15) is 17.2 Å². The Bertz CT molecular complexity index is 743. The molecule has 0 aromatic heterocycles. The maximum absolute atomic E-state index is 13.6. The fraction of sp³-hybridized carbons (Fsp3) is 0. The topological polar surface area (TPSA) is 46.2 Å². The van der Waals surface area contributed by atoms with Crippen molar-refractivity contribution in [2.24, 2.45) is 0 Å². The minimum absolute atomic E-state index is 0.103. The third-order valence-electron chi connectivity index (χ3n) is 2.35. The van der Waals surface area contributed by atoms with Gasteiger partial charge in [0.2, 0.25) is 0 Å². The van der Waals surface area contributed by atoms with Crippen molar-refractivity contribution in [3.63, 3.8) is 0 Å². The van der Waals surface area contributed by atoms with Crippen molar-refractivity contribution in [3.05, 3.63) is 57.0 Å². The Hall–Kier alpha value is -0.990. The molecule has 0 bridgehead atoms. The minimum Gasteiger partial charge on any atom is -0.274 e. The molecule has 0 radical (unpaired) electrons. The SMILES string of the molecule is O=S(=O)(Nc1c(F)cc(Br)cc1F)c1cccc(Br)c1. The van der Waals surface area contributed by atoms with E-state index in [0.29, 0.717) is 4.47 Å². The molecular formula is C12H7Br2F2NO2S. The van der Waals surface area contributed by atoms with Gasteiger partial charge in [-0.2, -0.15) is 0 Å². The first kappa shape index (κ1) is 15.4. The van der Waals surface area contributed by atoms with Gasteiger partial charge in [0, 0.05) is 8.95 Å². The molecule has 0 unspecified atom stereocenters. The average molecular weight is 427 g/mol. The molecule has 0 saturated carbocycles. The van der Waals surface area contributed by atoms with Gasteiger partial charge in [-0.3, -0.25) is 4.72 Å². The van der Waals surface area contributed by atoms with Crippen LogP contribution in [0.15, 0.2) is 50.2 Å². The number of sulfonamides is 1. The maximum Gasteiger partial charge on any atom is 0.262 e. The number of anilines is 1. The predicted molar refractivity (Wildman–Crippen MR) is 79.0 cm³/mol. The first-order valence-electron chi connectivity index (χ1n) is 5.22. The van der Waals surface area contributed by atoms with E-state index in [0.717, 1.165) is 12.1 Å². The normalized spacial score (nSPS) is 11.4. The first-order valence-corrected chi connectivity index (χ1v) is 8.29. The molecule has 2 aromatic carbocycles. The second-order valence-electron chi connectivity index (χ2n) is 3.81. The summed E-state index contributed by atoms with van der Waals surface area (Å²) >= 11 is 6.05. The van der Waals surface area contributed by atoms with Crippen LogP contribution >= 0.6 is 31.9 Å². The summed E-state index contributed by atoms with van der Waals surface area (Å²) in [6, 6.07) is 7.75. The Morgan fingerprint density at radius 1 is 0.950 bits per heavy atom. The molecular weight excluding hydrogens is 420 g/mol. The number of nitrogens with one attached hydrogen (secondary N) is 1. The van der Waals surface area contributed by atoms with Crippen molar-refractivity contribution in [1.29, 1.82) is 0 Å². The van der Waals surface area contributed by atoms with E-state index in [1.807, 2.05) is 4.72 Å². The van der Waals surface area contributed by atoms with Crippen LogP contribution < -0.4 is 4.72 Å². The van der Waals surface area contributed by atoms with Crippen LogP contribution in [0.4, 0.5) is 14.5 Å². The molecule has 3 nitrogen and oxygen atoms in total. The van der Waals surface area contributed by atoms with Gasteiger partial charge in [0.25, 0.3) is 10.0 Å². The highest BCUT2D eigenvalue weighted by Crippen LogP contribution is 2.26. The molecule has 20 heavy (non-hydrogen) atoms. The zero-order valence-electron chi connectivity index (χ0n) is 9.70. The van der Waals surface area contributed by atoms with Crippen LogP contribution in [0.25, 0.3) is 0 Å². The summed E-state index contributed by atoms with van der Waals surface area (Å²) in [7, 11) is -4.07. The van der Waals surface area contributed by atoms with Gasteiger partial charge >= 0.3 is 0 Å². The van der Waals surface area contributed by atoms with E-state index in [2.05, 4.69) is 31.9 Å². The van der Waals surface area contributed by atoms with Gasteiger partial charge in [-0.1, -0.05) is 37.9 Å². The first-order chi connectivity index (χ1) is 9.29. The molecule has 0 aliphatic carbocycles. The molecule has 0 heterocycles. The summed E-state index contributed by atoms with van der Waals surface area (Å²) in [6.45, 7) is 0. The van der Waals surface area contributed by atoms with Crippen molar-refractivity contribution in [2.75, 3.05) is 4.72 Å². The molecule has 0 spiro atoms. The third-order valence-corrected chi connectivity index (χ3v) is 4.65. The fourth-order valence-corrected chi connectivity index (χ4v) is 3.54. The summed E-state index contributed by atoms with van der Waals surface area (Å²) < 4.78 is 54.0. The van der Waals surface area contributed by atoms with Crippen LogP contribution in [0.3, 0.4) is 0 Å².